The Bertz CT molecular complexity index is 717. The SMILES string of the molecule is C/C(=C\CSCC(N=C/C=C\N=CN)C(N)=NC#N)CCCC(C)CCCC(C)CCCC(C)C. The summed E-state index contributed by atoms with van der Waals surface area (Å²) in [7, 11) is 0. The van der Waals surface area contributed by atoms with Crippen LogP contribution in [0.2, 0.25) is 0 Å². The quantitative estimate of drug-likeness (QED) is 0.0620. The Balaban J connectivity index is 4.17. The fourth-order valence-corrected chi connectivity index (χ4v) is 4.84. The molecule has 0 aromatic rings. The van der Waals surface area contributed by atoms with E-state index in [9.17, 15) is 0 Å². The number of allylic oxidation sites excluding steroid dienone is 2. The van der Waals surface area contributed by atoms with Crippen molar-refractivity contribution in [1.82, 2.24) is 0 Å². The minimum Gasteiger partial charge on any atom is -0.390 e. The van der Waals surface area contributed by atoms with Crippen molar-refractivity contribution < 1.29 is 0 Å². The van der Waals surface area contributed by atoms with E-state index < -0.39 is 0 Å². The number of nitrogens with zero attached hydrogens (tertiary/aromatic N) is 4. The summed E-state index contributed by atoms with van der Waals surface area (Å²) in [6.45, 7) is 11.7. The molecule has 0 bridgehead atoms. The summed E-state index contributed by atoms with van der Waals surface area (Å²) in [5, 5.41) is 8.78. The van der Waals surface area contributed by atoms with Gasteiger partial charge in [-0.05, 0) is 43.6 Å². The molecule has 0 fully saturated rings. The van der Waals surface area contributed by atoms with Crippen LogP contribution in [-0.4, -0.2) is 35.9 Å². The van der Waals surface area contributed by atoms with E-state index >= 15 is 0 Å². The highest BCUT2D eigenvalue weighted by Crippen LogP contribution is 2.22. The van der Waals surface area contributed by atoms with Crippen LogP contribution < -0.4 is 11.5 Å². The molecule has 3 atom stereocenters. The van der Waals surface area contributed by atoms with Crippen molar-refractivity contribution in [2.24, 2.45) is 44.2 Å². The van der Waals surface area contributed by atoms with Gasteiger partial charge in [-0.1, -0.05) is 84.3 Å². The number of hydrogen-bond donors (Lipinski definition) is 2. The summed E-state index contributed by atoms with van der Waals surface area (Å²) in [5.74, 6) is 4.31. The third kappa shape index (κ3) is 21.0. The zero-order valence-electron chi connectivity index (χ0n) is 22.8. The van der Waals surface area contributed by atoms with Gasteiger partial charge in [0.25, 0.3) is 0 Å². The van der Waals surface area contributed by atoms with Gasteiger partial charge >= 0.3 is 0 Å². The number of hydrogen-bond acceptors (Lipinski definition) is 5. The van der Waals surface area contributed by atoms with Crippen LogP contribution in [0.3, 0.4) is 0 Å². The summed E-state index contributed by atoms with van der Waals surface area (Å²) in [4.78, 5) is 11.8. The number of amidine groups is 1. The van der Waals surface area contributed by atoms with Crippen molar-refractivity contribution in [1.29, 1.82) is 5.26 Å². The van der Waals surface area contributed by atoms with Crippen LogP contribution >= 0.6 is 11.8 Å². The lowest BCUT2D eigenvalue weighted by molar-refractivity contribution is 0.389. The molecule has 0 aliphatic rings. The number of nitriles is 1. The summed E-state index contributed by atoms with van der Waals surface area (Å²) in [6.07, 6.45) is 22.0. The minimum absolute atomic E-state index is 0.228. The van der Waals surface area contributed by atoms with E-state index in [4.69, 9.17) is 16.7 Å². The van der Waals surface area contributed by atoms with Crippen LogP contribution in [0.15, 0.2) is 38.9 Å². The molecule has 6 nitrogen and oxygen atoms in total. The van der Waals surface area contributed by atoms with E-state index in [-0.39, 0.29) is 11.9 Å². The van der Waals surface area contributed by atoms with Gasteiger partial charge in [-0.3, -0.25) is 4.99 Å². The molecule has 198 valence electrons. The predicted molar refractivity (Wildman–Crippen MR) is 157 cm³/mol. The van der Waals surface area contributed by atoms with Gasteiger partial charge in [0, 0.05) is 23.9 Å². The van der Waals surface area contributed by atoms with Crippen LogP contribution in [0.25, 0.3) is 0 Å². The highest BCUT2D eigenvalue weighted by atomic mass is 32.2. The molecule has 0 amide bonds. The molecule has 3 unspecified atom stereocenters. The van der Waals surface area contributed by atoms with Crippen molar-refractivity contribution in [3.63, 3.8) is 0 Å². The van der Waals surface area contributed by atoms with Crippen molar-refractivity contribution in [2.75, 3.05) is 11.5 Å². The third-order valence-corrected chi connectivity index (χ3v) is 7.05. The Morgan fingerprint density at radius 1 is 1.00 bits per heavy atom. The van der Waals surface area contributed by atoms with Crippen LogP contribution in [0, 0.1) is 29.2 Å². The van der Waals surface area contributed by atoms with Crippen LogP contribution in [0.1, 0.15) is 92.4 Å². The molecule has 0 heterocycles. The average Bonchev–Trinajstić information content (AvgIpc) is 2.80. The summed E-state index contributed by atoms with van der Waals surface area (Å²) >= 11 is 1.74. The molecule has 4 N–H and O–H groups in total. The maximum atomic E-state index is 8.78. The Kier molecular flexibility index (Phi) is 21.1. The van der Waals surface area contributed by atoms with E-state index in [1.165, 1.54) is 69.5 Å². The van der Waals surface area contributed by atoms with Crippen molar-refractivity contribution in [3.05, 3.63) is 23.9 Å². The normalized spacial score (nSPS) is 15.9. The van der Waals surface area contributed by atoms with Gasteiger partial charge in [0.15, 0.2) is 0 Å². The van der Waals surface area contributed by atoms with Gasteiger partial charge in [0.05, 0.1) is 6.34 Å². The lowest BCUT2D eigenvalue weighted by Gasteiger charge is -2.15. The molecule has 0 aliphatic heterocycles. The van der Waals surface area contributed by atoms with Gasteiger partial charge in [-0.25, -0.2) is 4.99 Å². The van der Waals surface area contributed by atoms with Crippen molar-refractivity contribution in [3.8, 4) is 6.19 Å². The molecular weight excluding hydrogens is 452 g/mol. The summed E-state index contributed by atoms with van der Waals surface area (Å²) in [6, 6.07) is -0.335. The molecule has 0 aromatic heterocycles. The fraction of sp³-hybridized carbons (Fsp3) is 0.714. The van der Waals surface area contributed by atoms with E-state index in [1.807, 2.05) is 0 Å². The van der Waals surface area contributed by atoms with Crippen molar-refractivity contribution in [2.45, 2.75) is 98.4 Å². The molecule has 7 heteroatoms. The lowest BCUT2D eigenvalue weighted by atomic mass is 9.91. The second kappa shape index (κ2) is 22.4. The van der Waals surface area contributed by atoms with Gasteiger partial charge in [0.2, 0.25) is 6.19 Å². The Labute approximate surface area is 219 Å². The van der Waals surface area contributed by atoms with Crippen LogP contribution in [-0.2, 0) is 0 Å². The van der Waals surface area contributed by atoms with E-state index in [2.05, 4.69) is 55.7 Å². The Hall–Kier alpha value is -2.07. The number of aliphatic imine (C=N–C) groups is 3. The summed E-state index contributed by atoms with van der Waals surface area (Å²) in [5.41, 5.74) is 12.5. The summed E-state index contributed by atoms with van der Waals surface area (Å²) < 4.78 is 0. The van der Waals surface area contributed by atoms with Gasteiger partial charge < -0.3 is 11.5 Å². The molecule has 0 saturated heterocycles. The van der Waals surface area contributed by atoms with Crippen LogP contribution in [0.4, 0.5) is 0 Å². The predicted octanol–water partition coefficient (Wildman–Crippen LogP) is 6.88. The third-order valence-electron chi connectivity index (χ3n) is 6.10. The van der Waals surface area contributed by atoms with E-state index in [0.717, 1.165) is 29.9 Å². The first kappa shape index (κ1) is 32.9. The molecule has 0 aromatic carbocycles. The van der Waals surface area contributed by atoms with Gasteiger partial charge in [-0.2, -0.15) is 22.0 Å². The van der Waals surface area contributed by atoms with Gasteiger partial charge in [0.1, 0.15) is 11.9 Å². The maximum absolute atomic E-state index is 8.78. The first-order valence-corrected chi connectivity index (χ1v) is 14.3. The highest BCUT2D eigenvalue weighted by Gasteiger charge is 2.11. The second-order valence-electron chi connectivity index (χ2n) is 10.0. The number of nitrogens with two attached hydrogens (primary N) is 2. The zero-order chi connectivity index (χ0) is 26.3. The first-order valence-electron chi connectivity index (χ1n) is 13.2. The molecule has 0 rings (SSSR count). The first-order chi connectivity index (χ1) is 16.8. The maximum Gasteiger partial charge on any atom is 0.207 e. The molecule has 0 aliphatic carbocycles. The highest BCUT2D eigenvalue weighted by molar-refractivity contribution is 7.99. The monoisotopic (exact) mass is 502 g/mol. The number of rotatable bonds is 20. The Morgan fingerprint density at radius 3 is 2.23 bits per heavy atom. The zero-order valence-corrected chi connectivity index (χ0v) is 23.6. The average molecular weight is 503 g/mol. The fourth-order valence-electron chi connectivity index (χ4n) is 3.82. The lowest BCUT2D eigenvalue weighted by Crippen LogP contribution is -2.29. The molecule has 0 radical (unpaired) electrons. The molecule has 0 saturated carbocycles. The molecule has 35 heavy (non-hydrogen) atoms. The standard InChI is InChI=1S/C28H50N6S/c1-23(2)10-6-11-24(3)12-7-13-25(4)14-8-15-26(5)16-19-35-20-27(28(31)34-22-30)33-18-9-17-32-21-29/h9,16-18,21,23-25,27H,6-8,10-15,19-20H2,1-5H3,(H2,29,32)(H2,31,34)/b17-9-,26-16+,33-18?. The molecule has 0 spiro atoms. The minimum atomic E-state index is -0.335. The smallest absolute Gasteiger partial charge is 0.207 e. The van der Waals surface area contributed by atoms with E-state index in [0.29, 0.717) is 5.75 Å². The topological polar surface area (TPSA) is 113 Å². The van der Waals surface area contributed by atoms with E-state index in [1.54, 1.807) is 30.2 Å². The largest absolute Gasteiger partial charge is 0.390 e. The second-order valence-corrected chi connectivity index (χ2v) is 11.1. The van der Waals surface area contributed by atoms with Gasteiger partial charge in [-0.15, -0.1) is 0 Å². The van der Waals surface area contributed by atoms with Crippen LogP contribution in [0.5, 0.6) is 0 Å². The number of thioether (sulfide) groups is 1. The molecular formula is C28H50N6S. The Morgan fingerprint density at radius 2 is 1.63 bits per heavy atom. The van der Waals surface area contributed by atoms with Crippen molar-refractivity contribution >= 4 is 30.2 Å².